The van der Waals surface area contributed by atoms with Crippen LogP contribution < -0.4 is 0 Å². The molecule has 0 atom stereocenters. The maximum atomic E-state index is 11.8. The smallest absolute Gasteiger partial charge is 0.222 e. The predicted octanol–water partition coefficient (Wildman–Crippen LogP) is 2.38. The summed E-state index contributed by atoms with van der Waals surface area (Å²) in [6.45, 7) is 0.294. The van der Waals surface area contributed by atoms with Gasteiger partial charge >= 0.3 is 0 Å². The minimum absolute atomic E-state index is 0.0397. The molecule has 0 aliphatic carbocycles. The van der Waals surface area contributed by atoms with E-state index >= 15 is 0 Å². The van der Waals surface area contributed by atoms with E-state index in [9.17, 15) is 4.79 Å². The van der Waals surface area contributed by atoms with E-state index in [0.717, 1.165) is 5.56 Å². The minimum Gasteiger partial charge on any atom is -0.441 e. The number of halogens is 1. The van der Waals surface area contributed by atoms with Crippen LogP contribution in [0, 0.1) is 0 Å². The van der Waals surface area contributed by atoms with E-state index in [1.54, 1.807) is 25.4 Å². The molecule has 112 valence electrons. The molecule has 1 aromatic carbocycles. The molecule has 0 bridgehead atoms. The molecular formula is C15H17ClN2O3. The van der Waals surface area contributed by atoms with Crippen molar-refractivity contribution in [3.8, 4) is 11.3 Å². The van der Waals surface area contributed by atoms with Crippen LogP contribution >= 0.6 is 11.6 Å². The lowest BCUT2D eigenvalue weighted by Crippen LogP contribution is -2.29. The second kappa shape index (κ2) is 7.24. The van der Waals surface area contributed by atoms with Crippen LogP contribution in [-0.4, -0.2) is 41.1 Å². The molecule has 1 N–H and O–H groups in total. The Morgan fingerprint density at radius 1 is 1.38 bits per heavy atom. The maximum Gasteiger partial charge on any atom is 0.222 e. The standard InChI is InChI=1S/C15H17ClN2O3/c1-18(8-9-19)15(20)7-6-14-17-10-13(21-14)11-2-4-12(16)5-3-11/h2-5,10,19H,6-9H2,1H3. The Kier molecular flexibility index (Phi) is 5.36. The summed E-state index contributed by atoms with van der Waals surface area (Å²) >= 11 is 5.84. The van der Waals surface area contributed by atoms with Gasteiger partial charge in [-0.2, -0.15) is 0 Å². The van der Waals surface area contributed by atoms with E-state index in [0.29, 0.717) is 36.1 Å². The molecule has 2 rings (SSSR count). The molecule has 0 saturated carbocycles. The quantitative estimate of drug-likeness (QED) is 0.889. The van der Waals surface area contributed by atoms with E-state index in [4.69, 9.17) is 21.1 Å². The Bertz CT molecular complexity index is 595. The Labute approximate surface area is 128 Å². The Hall–Kier alpha value is -1.85. The molecular weight excluding hydrogens is 292 g/mol. The Balaban J connectivity index is 1.94. The van der Waals surface area contributed by atoms with Crippen LogP contribution in [0.2, 0.25) is 5.02 Å². The number of aryl methyl sites for hydroxylation is 1. The van der Waals surface area contributed by atoms with Gasteiger partial charge in [-0.1, -0.05) is 11.6 Å². The molecule has 5 nitrogen and oxygen atoms in total. The second-order valence-corrected chi connectivity index (χ2v) is 5.10. The van der Waals surface area contributed by atoms with Gasteiger partial charge in [0.2, 0.25) is 5.91 Å². The normalized spacial score (nSPS) is 10.6. The lowest BCUT2D eigenvalue weighted by atomic mass is 10.2. The van der Waals surface area contributed by atoms with Crippen molar-refractivity contribution in [1.29, 1.82) is 0 Å². The molecule has 0 spiro atoms. The number of aliphatic hydroxyl groups is 1. The van der Waals surface area contributed by atoms with E-state index in [-0.39, 0.29) is 12.5 Å². The zero-order valence-corrected chi connectivity index (χ0v) is 12.5. The van der Waals surface area contributed by atoms with Gasteiger partial charge in [-0.15, -0.1) is 0 Å². The van der Waals surface area contributed by atoms with Crippen LogP contribution in [0.4, 0.5) is 0 Å². The predicted molar refractivity (Wildman–Crippen MR) is 80.0 cm³/mol. The van der Waals surface area contributed by atoms with Gasteiger partial charge in [0.25, 0.3) is 0 Å². The van der Waals surface area contributed by atoms with Crippen LogP contribution in [0.15, 0.2) is 34.9 Å². The number of nitrogens with zero attached hydrogens (tertiary/aromatic N) is 2. The summed E-state index contributed by atoms with van der Waals surface area (Å²) in [5.41, 5.74) is 0.891. The SMILES string of the molecule is CN(CCO)C(=O)CCc1ncc(-c2ccc(Cl)cc2)o1. The molecule has 21 heavy (non-hydrogen) atoms. The Morgan fingerprint density at radius 3 is 2.76 bits per heavy atom. The number of hydrogen-bond donors (Lipinski definition) is 1. The first-order valence-electron chi connectivity index (χ1n) is 6.65. The van der Waals surface area contributed by atoms with E-state index in [1.807, 2.05) is 12.1 Å². The largest absolute Gasteiger partial charge is 0.441 e. The van der Waals surface area contributed by atoms with Gasteiger partial charge in [-0.25, -0.2) is 4.98 Å². The first kappa shape index (κ1) is 15.5. The highest BCUT2D eigenvalue weighted by molar-refractivity contribution is 6.30. The number of likely N-dealkylation sites (N-methyl/N-ethyl adjacent to an activating group) is 1. The molecule has 0 aliphatic rings. The van der Waals surface area contributed by atoms with Gasteiger partial charge in [-0.3, -0.25) is 4.79 Å². The van der Waals surface area contributed by atoms with Crippen molar-refractivity contribution in [2.45, 2.75) is 12.8 Å². The number of aromatic nitrogens is 1. The molecule has 1 amide bonds. The highest BCUT2D eigenvalue weighted by atomic mass is 35.5. The summed E-state index contributed by atoms with van der Waals surface area (Å²) in [6.07, 6.45) is 2.37. The zero-order valence-electron chi connectivity index (χ0n) is 11.8. The fourth-order valence-corrected chi connectivity index (χ4v) is 1.98. The summed E-state index contributed by atoms with van der Waals surface area (Å²) in [4.78, 5) is 17.4. The molecule has 0 fully saturated rings. The number of carbonyl (C=O) groups is 1. The Morgan fingerprint density at radius 2 is 2.10 bits per heavy atom. The number of aliphatic hydroxyl groups excluding tert-OH is 1. The van der Waals surface area contributed by atoms with Crippen molar-refractivity contribution in [3.63, 3.8) is 0 Å². The molecule has 0 aliphatic heterocycles. The van der Waals surface area contributed by atoms with Gasteiger partial charge < -0.3 is 14.4 Å². The van der Waals surface area contributed by atoms with Crippen LogP contribution in [0.25, 0.3) is 11.3 Å². The monoisotopic (exact) mass is 308 g/mol. The van der Waals surface area contributed by atoms with Crippen molar-refractivity contribution >= 4 is 17.5 Å². The molecule has 0 saturated heterocycles. The van der Waals surface area contributed by atoms with Crippen LogP contribution in [0.3, 0.4) is 0 Å². The average Bonchev–Trinajstić information content (AvgIpc) is 2.94. The van der Waals surface area contributed by atoms with Crippen molar-refractivity contribution in [1.82, 2.24) is 9.88 Å². The van der Waals surface area contributed by atoms with Crippen molar-refractivity contribution in [3.05, 3.63) is 41.4 Å². The first-order chi connectivity index (χ1) is 10.1. The summed E-state index contributed by atoms with van der Waals surface area (Å²) in [5.74, 6) is 1.12. The number of amides is 1. The highest BCUT2D eigenvalue weighted by Gasteiger charge is 2.11. The molecule has 0 unspecified atom stereocenters. The highest BCUT2D eigenvalue weighted by Crippen LogP contribution is 2.22. The number of oxazole rings is 1. The van der Waals surface area contributed by atoms with E-state index in [2.05, 4.69) is 4.98 Å². The lowest BCUT2D eigenvalue weighted by molar-refractivity contribution is -0.130. The zero-order chi connectivity index (χ0) is 15.2. The van der Waals surface area contributed by atoms with Crippen molar-refractivity contribution < 1.29 is 14.3 Å². The van der Waals surface area contributed by atoms with Gasteiger partial charge in [0.05, 0.1) is 12.8 Å². The molecule has 0 radical (unpaired) electrons. The topological polar surface area (TPSA) is 66.6 Å². The van der Waals surface area contributed by atoms with Gasteiger partial charge in [0.15, 0.2) is 11.7 Å². The number of hydrogen-bond acceptors (Lipinski definition) is 4. The number of rotatable bonds is 6. The summed E-state index contributed by atoms with van der Waals surface area (Å²) in [7, 11) is 1.66. The minimum atomic E-state index is -0.0460. The molecule has 6 heteroatoms. The third-order valence-corrected chi connectivity index (χ3v) is 3.35. The molecule has 2 aromatic rings. The summed E-state index contributed by atoms with van der Waals surface area (Å²) in [6, 6.07) is 7.28. The van der Waals surface area contributed by atoms with Gasteiger partial charge in [0, 0.05) is 37.0 Å². The summed E-state index contributed by atoms with van der Waals surface area (Å²) < 4.78 is 5.63. The van der Waals surface area contributed by atoms with Crippen molar-refractivity contribution in [2.24, 2.45) is 0 Å². The van der Waals surface area contributed by atoms with Crippen LogP contribution in [0.1, 0.15) is 12.3 Å². The third kappa shape index (κ3) is 4.31. The van der Waals surface area contributed by atoms with Gasteiger partial charge in [0.1, 0.15) is 0 Å². The molecule has 1 heterocycles. The number of carbonyl (C=O) groups excluding carboxylic acids is 1. The summed E-state index contributed by atoms with van der Waals surface area (Å²) in [5, 5.41) is 9.45. The fourth-order valence-electron chi connectivity index (χ4n) is 1.85. The van der Waals surface area contributed by atoms with E-state index in [1.165, 1.54) is 4.90 Å². The first-order valence-corrected chi connectivity index (χ1v) is 7.03. The van der Waals surface area contributed by atoms with Crippen molar-refractivity contribution in [2.75, 3.05) is 20.2 Å². The average molecular weight is 309 g/mol. The van der Waals surface area contributed by atoms with E-state index < -0.39 is 0 Å². The lowest BCUT2D eigenvalue weighted by Gasteiger charge is -2.14. The molecule has 1 aromatic heterocycles. The van der Waals surface area contributed by atoms with Crippen LogP contribution in [0.5, 0.6) is 0 Å². The number of benzene rings is 1. The third-order valence-electron chi connectivity index (χ3n) is 3.10. The van der Waals surface area contributed by atoms with Gasteiger partial charge in [-0.05, 0) is 24.3 Å². The second-order valence-electron chi connectivity index (χ2n) is 4.66. The van der Waals surface area contributed by atoms with Crippen LogP contribution in [-0.2, 0) is 11.2 Å². The fraction of sp³-hybridized carbons (Fsp3) is 0.333. The maximum absolute atomic E-state index is 11.8.